The lowest BCUT2D eigenvalue weighted by molar-refractivity contribution is -0.373. The molecule has 0 spiro atoms. The summed E-state index contributed by atoms with van der Waals surface area (Å²) in [5.41, 5.74) is 0. The Bertz CT molecular complexity index is 366. The van der Waals surface area contributed by atoms with Gasteiger partial charge in [-0.2, -0.15) is 0 Å². The van der Waals surface area contributed by atoms with Crippen LogP contribution in [-0.2, 0) is 14.2 Å². The summed E-state index contributed by atoms with van der Waals surface area (Å²) in [5, 5.41) is 67.3. The number of hydrogen-bond acceptors (Lipinski definition) is 10. The highest BCUT2D eigenvalue weighted by Crippen LogP contribution is 2.27. The molecule has 0 aromatic carbocycles. The van der Waals surface area contributed by atoms with Crippen LogP contribution in [0, 0.1) is 0 Å². The van der Waals surface area contributed by atoms with Gasteiger partial charge in [0.2, 0.25) is 0 Å². The molecule has 7 N–H and O–H groups in total. The quantitative estimate of drug-likeness (QED) is 0.269. The molecule has 2 fully saturated rings. The summed E-state index contributed by atoms with van der Waals surface area (Å²) in [4.78, 5) is 0. The van der Waals surface area contributed by atoms with E-state index >= 15 is 0 Å². The summed E-state index contributed by atoms with van der Waals surface area (Å²) < 4.78 is 15.5. The van der Waals surface area contributed by atoms with Crippen LogP contribution in [0.1, 0.15) is 6.92 Å². The molecule has 2 aliphatic heterocycles. The summed E-state index contributed by atoms with van der Waals surface area (Å²) in [6.45, 7) is 0.819. The van der Waals surface area contributed by atoms with Crippen molar-refractivity contribution in [1.29, 1.82) is 0 Å². The van der Waals surface area contributed by atoms with Crippen LogP contribution in [-0.4, -0.2) is 104 Å². The van der Waals surface area contributed by atoms with Crippen molar-refractivity contribution < 1.29 is 50.0 Å². The van der Waals surface area contributed by atoms with Crippen molar-refractivity contribution in [3.05, 3.63) is 0 Å². The van der Waals surface area contributed by atoms with Gasteiger partial charge in [-0.25, -0.2) is 0 Å². The Morgan fingerprint density at radius 1 is 0.727 bits per heavy atom. The highest BCUT2D eigenvalue weighted by atomic mass is 16.8. The molecule has 10 atom stereocenters. The standard InChI is InChI=1S/C12H22O10/c1-3-5(14)7(16)9(18)11(20-3)22-12-10(19)8(17)6(15)4(2-13)21-12/h3-19H,2H2,1H3/t3-,4-,5-,6-,7+,8+,9+,10-,11+,12?/m1/s1. The van der Waals surface area contributed by atoms with E-state index in [1.165, 1.54) is 6.92 Å². The second-order valence-corrected chi connectivity index (χ2v) is 5.51. The summed E-state index contributed by atoms with van der Waals surface area (Å²) in [7, 11) is 0. The Hall–Kier alpha value is -0.400. The van der Waals surface area contributed by atoms with Gasteiger partial charge in [0, 0.05) is 0 Å². The topological polar surface area (TPSA) is 169 Å². The highest BCUT2D eigenvalue weighted by molar-refractivity contribution is 4.91. The summed E-state index contributed by atoms with van der Waals surface area (Å²) >= 11 is 0. The summed E-state index contributed by atoms with van der Waals surface area (Å²) in [6.07, 6.45) is -14.3. The molecule has 22 heavy (non-hydrogen) atoms. The first-order valence-electron chi connectivity index (χ1n) is 6.93. The van der Waals surface area contributed by atoms with Crippen molar-refractivity contribution >= 4 is 0 Å². The molecule has 0 saturated carbocycles. The zero-order chi connectivity index (χ0) is 16.6. The average molecular weight is 326 g/mol. The molecule has 0 aliphatic carbocycles. The van der Waals surface area contributed by atoms with E-state index in [0.29, 0.717) is 0 Å². The van der Waals surface area contributed by atoms with E-state index in [-0.39, 0.29) is 0 Å². The van der Waals surface area contributed by atoms with Crippen molar-refractivity contribution in [3.63, 3.8) is 0 Å². The van der Waals surface area contributed by atoms with Crippen molar-refractivity contribution in [2.24, 2.45) is 0 Å². The van der Waals surface area contributed by atoms with Gasteiger partial charge in [0.05, 0.1) is 12.7 Å². The SMILES string of the molecule is C[C@H]1O[C@@H](OC2O[C@H](CO)[C@@H](O)[C@H](O)[C@H]2O)[C@@H](O)[C@@H](O)[C@@H]1O. The fraction of sp³-hybridized carbons (Fsp3) is 1.00. The van der Waals surface area contributed by atoms with E-state index in [2.05, 4.69) is 0 Å². The van der Waals surface area contributed by atoms with Crippen LogP contribution >= 0.6 is 0 Å². The number of aliphatic hydroxyl groups is 7. The van der Waals surface area contributed by atoms with Crippen LogP contribution in [0.3, 0.4) is 0 Å². The fourth-order valence-corrected chi connectivity index (χ4v) is 2.44. The lowest BCUT2D eigenvalue weighted by atomic mass is 9.98. The summed E-state index contributed by atoms with van der Waals surface area (Å²) in [5.74, 6) is 0. The molecule has 2 saturated heterocycles. The van der Waals surface area contributed by atoms with Crippen LogP contribution < -0.4 is 0 Å². The minimum absolute atomic E-state index is 0.628. The molecular weight excluding hydrogens is 304 g/mol. The molecule has 2 heterocycles. The predicted molar refractivity (Wildman–Crippen MR) is 67.2 cm³/mol. The zero-order valence-corrected chi connectivity index (χ0v) is 11.8. The molecule has 130 valence electrons. The van der Waals surface area contributed by atoms with E-state index in [4.69, 9.17) is 19.3 Å². The molecule has 0 bridgehead atoms. The minimum atomic E-state index is -1.66. The molecule has 1 unspecified atom stereocenters. The predicted octanol–water partition coefficient (Wildman–Crippen LogP) is -4.37. The molecule has 0 amide bonds. The van der Waals surface area contributed by atoms with Crippen molar-refractivity contribution in [2.45, 2.75) is 68.3 Å². The van der Waals surface area contributed by atoms with Crippen molar-refractivity contribution in [2.75, 3.05) is 6.61 Å². The molecule has 0 aromatic rings. The number of ether oxygens (including phenoxy) is 3. The van der Waals surface area contributed by atoms with Crippen molar-refractivity contribution in [3.8, 4) is 0 Å². The summed E-state index contributed by atoms with van der Waals surface area (Å²) in [6, 6.07) is 0. The van der Waals surface area contributed by atoms with Gasteiger partial charge in [-0.1, -0.05) is 0 Å². The van der Waals surface area contributed by atoms with Gasteiger partial charge in [0.25, 0.3) is 0 Å². The van der Waals surface area contributed by atoms with E-state index in [0.717, 1.165) is 0 Å². The monoisotopic (exact) mass is 326 g/mol. The van der Waals surface area contributed by atoms with E-state index in [1.54, 1.807) is 0 Å². The third-order valence-corrected chi connectivity index (χ3v) is 3.93. The van der Waals surface area contributed by atoms with E-state index in [9.17, 15) is 30.6 Å². The van der Waals surface area contributed by atoms with E-state index in [1.807, 2.05) is 0 Å². The Balaban J connectivity index is 2.05. The van der Waals surface area contributed by atoms with Gasteiger partial charge >= 0.3 is 0 Å². The lowest BCUT2D eigenvalue weighted by Crippen LogP contribution is -2.63. The van der Waals surface area contributed by atoms with Crippen LogP contribution in [0.4, 0.5) is 0 Å². The van der Waals surface area contributed by atoms with Crippen LogP contribution in [0.25, 0.3) is 0 Å². The normalized spacial score (nSPS) is 53.5. The maximum atomic E-state index is 9.83. The largest absolute Gasteiger partial charge is 0.394 e. The van der Waals surface area contributed by atoms with Crippen LogP contribution in [0.2, 0.25) is 0 Å². The Labute approximate surface area is 126 Å². The minimum Gasteiger partial charge on any atom is -0.394 e. The maximum Gasteiger partial charge on any atom is 0.189 e. The highest BCUT2D eigenvalue weighted by Gasteiger charge is 2.48. The molecule has 0 radical (unpaired) electrons. The third-order valence-electron chi connectivity index (χ3n) is 3.93. The smallest absolute Gasteiger partial charge is 0.189 e. The van der Waals surface area contributed by atoms with Crippen molar-refractivity contribution in [1.82, 2.24) is 0 Å². The number of hydrogen-bond donors (Lipinski definition) is 7. The number of rotatable bonds is 3. The fourth-order valence-electron chi connectivity index (χ4n) is 2.44. The molecule has 2 rings (SSSR count). The first kappa shape index (κ1) is 17.9. The first-order chi connectivity index (χ1) is 10.3. The van der Waals surface area contributed by atoms with Crippen LogP contribution in [0.5, 0.6) is 0 Å². The van der Waals surface area contributed by atoms with Gasteiger partial charge in [-0.3, -0.25) is 0 Å². The van der Waals surface area contributed by atoms with Gasteiger partial charge in [-0.15, -0.1) is 0 Å². The lowest BCUT2D eigenvalue weighted by Gasteiger charge is -2.44. The first-order valence-corrected chi connectivity index (χ1v) is 6.93. The number of aliphatic hydroxyl groups excluding tert-OH is 7. The second kappa shape index (κ2) is 7.01. The Morgan fingerprint density at radius 2 is 1.23 bits per heavy atom. The third kappa shape index (κ3) is 3.26. The van der Waals surface area contributed by atoms with Gasteiger partial charge in [-0.05, 0) is 6.92 Å². The van der Waals surface area contributed by atoms with Gasteiger partial charge in [0.15, 0.2) is 12.6 Å². The molecule has 10 nitrogen and oxygen atoms in total. The average Bonchev–Trinajstić information content (AvgIpc) is 2.50. The van der Waals surface area contributed by atoms with E-state index < -0.39 is 68.0 Å². The molecule has 10 heteroatoms. The molecule has 2 aliphatic rings. The van der Waals surface area contributed by atoms with Crippen LogP contribution in [0.15, 0.2) is 0 Å². The van der Waals surface area contributed by atoms with Gasteiger partial charge < -0.3 is 50.0 Å². The Morgan fingerprint density at radius 3 is 1.77 bits per heavy atom. The maximum absolute atomic E-state index is 9.83. The molecular formula is C12H22O10. The molecule has 0 aromatic heterocycles. The zero-order valence-electron chi connectivity index (χ0n) is 11.8. The van der Waals surface area contributed by atoms with Gasteiger partial charge in [0.1, 0.15) is 42.7 Å². The second-order valence-electron chi connectivity index (χ2n) is 5.51. The Kier molecular flexibility index (Phi) is 5.72.